The number of para-hydroxylation sites is 1. The van der Waals surface area contributed by atoms with Crippen molar-refractivity contribution in [3.8, 4) is 17.0 Å². The second kappa shape index (κ2) is 5.60. The molecule has 1 aromatic heterocycles. The third-order valence-electron chi connectivity index (χ3n) is 2.65. The number of hydrogen-bond donors (Lipinski definition) is 1. The summed E-state index contributed by atoms with van der Waals surface area (Å²) in [6.07, 6.45) is 0.684. The zero-order valence-electron chi connectivity index (χ0n) is 10.7. The van der Waals surface area contributed by atoms with E-state index in [4.69, 9.17) is 10.5 Å². The molecule has 1 heterocycles. The summed E-state index contributed by atoms with van der Waals surface area (Å²) < 4.78 is 5.35. The molecular formula is C14H17N3O. The highest BCUT2D eigenvalue weighted by atomic mass is 16.5. The summed E-state index contributed by atoms with van der Waals surface area (Å²) in [6, 6.07) is 9.79. The van der Waals surface area contributed by atoms with E-state index in [-0.39, 0.29) is 0 Å². The van der Waals surface area contributed by atoms with Crippen molar-refractivity contribution >= 4 is 0 Å². The second-order valence-corrected chi connectivity index (χ2v) is 4.05. The first-order valence-electron chi connectivity index (χ1n) is 5.92. The summed E-state index contributed by atoms with van der Waals surface area (Å²) in [5.41, 5.74) is 8.34. The van der Waals surface area contributed by atoms with Crippen molar-refractivity contribution in [2.75, 3.05) is 13.7 Å². The average Bonchev–Trinajstić information content (AvgIpc) is 2.38. The molecule has 0 saturated heterocycles. The SMILES string of the molecule is COc1ccccc1-c1cc(C)nc(CCN)n1. The molecule has 2 N–H and O–H groups in total. The molecule has 94 valence electrons. The maximum atomic E-state index is 5.55. The van der Waals surface area contributed by atoms with Crippen LogP contribution in [0.5, 0.6) is 5.75 Å². The van der Waals surface area contributed by atoms with Crippen LogP contribution in [0, 0.1) is 6.92 Å². The lowest BCUT2D eigenvalue weighted by molar-refractivity contribution is 0.416. The van der Waals surface area contributed by atoms with Crippen molar-refractivity contribution in [3.05, 3.63) is 41.9 Å². The van der Waals surface area contributed by atoms with Crippen molar-refractivity contribution in [2.24, 2.45) is 5.73 Å². The smallest absolute Gasteiger partial charge is 0.130 e. The Morgan fingerprint density at radius 3 is 2.72 bits per heavy atom. The van der Waals surface area contributed by atoms with Crippen LogP contribution in [0.4, 0.5) is 0 Å². The molecule has 2 rings (SSSR count). The quantitative estimate of drug-likeness (QED) is 0.891. The van der Waals surface area contributed by atoms with Gasteiger partial charge in [-0.15, -0.1) is 0 Å². The first-order valence-corrected chi connectivity index (χ1v) is 5.92. The highest BCUT2D eigenvalue weighted by Crippen LogP contribution is 2.28. The number of hydrogen-bond acceptors (Lipinski definition) is 4. The van der Waals surface area contributed by atoms with Gasteiger partial charge in [-0.25, -0.2) is 9.97 Å². The summed E-state index contributed by atoms with van der Waals surface area (Å²) in [6.45, 7) is 2.51. The zero-order valence-corrected chi connectivity index (χ0v) is 10.7. The van der Waals surface area contributed by atoms with E-state index in [1.807, 2.05) is 37.3 Å². The lowest BCUT2D eigenvalue weighted by Crippen LogP contribution is -2.08. The first-order chi connectivity index (χ1) is 8.74. The number of nitrogens with zero attached hydrogens (tertiary/aromatic N) is 2. The molecule has 4 nitrogen and oxygen atoms in total. The Hall–Kier alpha value is -1.94. The lowest BCUT2D eigenvalue weighted by atomic mass is 10.1. The van der Waals surface area contributed by atoms with Crippen molar-refractivity contribution in [3.63, 3.8) is 0 Å². The number of aromatic nitrogens is 2. The minimum Gasteiger partial charge on any atom is -0.496 e. The van der Waals surface area contributed by atoms with Crippen LogP contribution < -0.4 is 10.5 Å². The highest BCUT2D eigenvalue weighted by Gasteiger charge is 2.08. The summed E-state index contributed by atoms with van der Waals surface area (Å²) >= 11 is 0. The molecule has 0 unspecified atom stereocenters. The summed E-state index contributed by atoms with van der Waals surface area (Å²) in [7, 11) is 1.66. The van der Waals surface area contributed by atoms with Gasteiger partial charge < -0.3 is 10.5 Å². The number of benzene rings is 1. The molecule has 0 fully saturated rings. The van der Waals surface area contributed by atoms with E-state index in [0.717, 1.165) is 28.5 Å². The first kappa shape index (κ1) is 12.5. The van der Waals surface area contributed by atoms with Crippen molar-refractivity contribution in [1.29, 1.82) is 0 Å². The minimum atomic E-state index is 0.550. The summed E-state index contributed by atoms with van der Waals surface area (Å²) in [4.78, 5) is 8.90. The van der Waals surface area contributed by atoms with E-state index < -0.39 is 0 Å². The third kappa shape index (κ3) is 2.65. The van der Waals surface area contributed by atoms with Gasteiger partial charge in [0.1, 0.15) is 11.6 Å². The molecule has 0 aliphatic heterocycles. The molecule has 0 amide bonds. The Balaban J connectivity index is 2.49. The van der Waals surface area contributed by atoms with Gasteiger partial charge in [-0.05, 0) is 31.7 Å². The van der Waals surface area contributed by atoms with Crippen LogP contribution in [0.15, 0.2) is 30.3 Å². The highest BCUT2D eigenvalue weighted by molar-refractivity contribution is 5.67. The van der Waals surface area contributed by atoms with Crippen LogP contribution in [0.1, 0.15) is 11.5 Å². The number of ether oxygens (including phenoxy) is 1. The fourth-order valence-corrected chi connectivity index (χ4v) is 1.87. The van der Waals surface area contributed by atoms with Gasteiger partial charge in [-0.3, -0.25) is 0 Å². The second-order valence-electron chi connectivity index (χ2n) is 4.05. The Morgan fingerprint density at radius 1 is 1.22 bits per heavy atom. The number of methoxy groups -OCH3 is 1. The van der Waals surface area contributed by atoms with Crippen LogP contribution in [0.2, 0.25) is 0 Å². The predicted molar refractivity (Wildman–Crippen MR) is 71.5 cm³/mol. The molecule has 0 atom stereocenters. The van der Waals surface area contributed by atoms with Crippen molar-refractivity contribution in [2.45, 2.75) is 13.3 Å². The van der Waals surface area contributed by atoms with E-state index in [1.54, 1.807) is 7.11 Å². The Bertz CT molecular complexity index is 540. The van der Waals surface area contributed by atoms with Gasteiger partial charge in [0.05, 0.1) is 12.8 Å². The van der Waals surface area contributed by atoms with Crippen molar-refractivity contribution in [1.82, 2.24) is 9.97 Å². The van der Waals surface area contributed by atoms with E-state index in [0.29, 0.717) is 13.0 Å². The summed E-state index contributed by atoms with van der Waals surface area (Å²) in [5, 5.41) is 0. The maximum absolute atomic E-state index is 5.55. The monoisotopic (exact) mass is 243 g/mol. The molecule has 0 aliphatic carbocycles. The molecule has 1 aromatic carbocycles. The fourth-order valence-electron chi connectivity index (χ4n) is 1.87. The predicted octanol–water partition coefficient (Wildman–Crippen LogP) is 1.96. The summed E-state index contributed by atoms with van der Waals surface area (Å²) in [5.74, 6) is 1.59. The maximum Gasteiger partial charge on any atom is 0.130 e. The molecule has 0 aliphatic rings. The number of rotatable bonds is 4. The molecule has 2 aromatic rings. The van der Waals surface area contributed by atoms with Crippen LogP contribution in [0.3, 0.4) is 0 Å². The van der Waals surface area contributed by atoms with Gasteiger partial charge in [0.15, 0.2) is 0 Å². The van der Waals surface area contributed by atoms with E-state index in [9.17, 15) is 0 Å². The average molecular weight is 243 g/mol. The van der Waals surface area contributed by atoms with Gasteiger partial charge in [0, 0.05) is 17.7 Å². The van der Waals surface area contributed by atoms with Crippen molar-refractivity contribution < 1.29 is 4.74 Å². The lowest BCUT2D eigenvalue weighted by Gasteiger charge is -2.09. The topological polar surface area (TPSA) is 61.0 Å². The van der Waals surface area contributed by atoms with Crippen LogP contribution in [-0.2, 0) is 6.42 Å². The molecule has 0 radical (unpaired) electrons. The van der Waals surface area contributed by atoms with Gasteiger partial charge in [0.2, 0.25) is 0 Å². The number of nitrogens with two attached hydrogens (primary N) is 1. The Morgan fingerprint density at radius 2 is 2.00 bits per heavy atom. The van der Waals surface area contributed by atoms with Gasteiger partial charge in [0.25, 0.3) is 0 Å². The van der Waals surface area contributed by atoms with E-state index in [2.05, 4.69) is 9.97 Å². The molecule has 4 heteroatoms. The molecule has 18 heavy (non-hydrogen) atoms. The van der Waals surface area contributed by atoms with Crippen LogP contribution in [-0.4, -0.2) is 23.6 Å². The van der Waals surface area contributed by atoms with Gasteiger partial charge in [-0.2, -0.15) is 0 Å². The van der Waals surface area contributed by atoms with E-state index >= 15 is 0 Å². The standard InChI is InChI=1S/C14H17N3O/c1-10-9-12(17-14(16-10)7-8-15)11-5-3-4-6-13(11)18-2/h3-6,9H,7-8,15H2,1-2H3. The normalized spacial score (nSPS) is 10.4. The molecule has 0 bridgehead atoms. The molecule has 0 spiro atoms. The minimum absolute atomic E-state index is 0.550. The van der Waals surface area contributed by atoms with Crippen LogP contribution >= 0.6 is 0 Å². The number of aryl methyl sites for hydroxylation is 1. The Kier molecular flexibility index (Phi) is 3.89. The van der Waals surface area contributed by atoms with E-state index in [1.165, 1.54) is 0 Å². The van der Waals surface area contributed by atoms with Gasteiger partial charge in [-0.1, -0.05) is 12.1 Å². The Labute approximate surface area is 107 Å². The zero-order chi connectivity index (χ0) is 13.0. The van der Waals surface area contributed by atoms with Gasteiger partial charge >= 0.3 is 0 Å². The molecule has 0 saturated carbocycles. The largest absolute Gasteiger partial charge is 0.496 e. The third-order valence-corrected chi connectivity index (χ3v) is 2.65. The molecular weight excluding hydrogens is 226 g/mol. The van der Waals surface area contributed by atoms with Crippen LogP contribution in [0.25, 0.3) is 11.3 Å². The fraction of sp³-hybridized carbons (Fsp3) is 0.286.